The lowest BCUT2D eigenvalue weighted by Crippen LogP contribution is -2.19. The zero-order valence-corrected chi connectivity index (χ0v) is 11.8. The lowest BCUT2D eigenvalue weighted by atomic mass is 10.1. The van der Waals surface area contributed by atoms with Crippen molar-refractivity contribution in [1.29, 1.82) is 0 Å². The first-order chi connectivity index (χ1) is 9.06. The summed E-state index contributed by atoms with van der Waals surface area (Å²) in [5.74, 6) is 0.792. The van der Waals surface area contributed by atoms with Crippen molar-refractivity contribution in [1.82, 2.24) is 9.97 Å². The maximum atomic E-state index is 5.49. The number of nitrogens with zero attached hydrogens (tertiary/aromatic N) is 3. The van der Waals surface area contributed by atoms with Gasteiger partial charge < -0.3 is 10.6 Å². The van der Waals surface area contributed by atoms with E-state index in [0.717, 1.165) is 12.4 Å². The lowest BCUT2D eigenvalue weighted by molar-refractivity contribution is 0.888. The van der Waals surface area contributed by atoms with Crippen LogP contribution in [0.5, 0.6) is 0 Å². The summed E-state index contributed by atoms with van der Waals surface area (Å²) in [5.41, 5.74) is 8.52. The largest absolute Gasteiger partial charge is 0.388 e. The molecule has 5 heteroatoms. The van der Waals surface area contributed by atoms with Crippen LogP contribution in [-0.4, -0.2) is 22.0 Å². The van der Waals surface area contributed by atoms with Gasteiger partial charge in [-0.2, -0.15) is 0 Å². The highest BCUT2D eigenvalue weighted by atomic mass is 32.1. The monoisotopic (exact) mass is 272 g/mol. The number of anilines is 1. The lowest BCUT2D eigenvalue weighted by Gasteiger charge is -2.18. The topological polar surface area (TPSA) is 55.0 Å². The van der Waals surface area contributed by atoms with Crippen LogP contribution in [-0.2, 0) is 6.54 Å². The van der Waals surface area contributed by atoms with Gasteiger partial charge in [-0.1, -0.05) is 42.0 Å². The Morgan fingerprint density at radius 3 is 2.42 bits per heavy atom. The summed E-state index contributed by atoms with van der Waals surface area (Å²) < 4.78 is 0. The minimum atomic E-state index is 0.264. The third-order valence-corrected chi connectivity index (χ3v) is 3.03. The third kappa shape index (κ3) is 3.48. The molecule has 2 aromatic rings. The normalized spacial score (nSPS) is 10.2. The van der Waals surface area contributed by atoms with Gasteiger partial charge in [0.15, 0.2) is 0 Å². The molecule has 0 aliphatic carbocycles. The average Bonchev–Trinajstić information content (AvgIpc) is 2.41. The van der Waals surface area contributed by atoms with Gasteiger partial charge in [0.1, 0.15) is 16.5 Å². The first kappa shape index (κ1) is 13.4. The van der Waals surface area contributed by atoms with Crippen molar-refractivity contribution in [2.24, 2.45) is 5.73 Å². The number of aryl methyl sites for hydroxylation is 1. The molecule has 0 saturated carbocycles. The smallest absolute Gasteiger partial charge is 0.147 e. The summed E-state index contributed by atoms with van der Waals surface area (Å²) in [5, 5.41) is 0. The van der Waals surface area contributed by atoms with Crippen LogP contribution in [0.1, 0.15) is 16.8 Å². The van der Waals surface area contributed by atoms with E-state index in [1.165, 1.54) is 11.1 Å². The van der Waals surface area contributed by atoms with Gasteiger partial charge in [0.05, 0.1) is 12.4 Å². The molecular weight excluding hydrogens is 256 g/mol. The van der Waals surface area contributed by atoms with E-state index in [2.05, 4.69) is 41.2 Å². The molecule has 2 N–H and O–H groups in total. The standard InChI is InChI=1S/C14H16N4S/c1-10-3-5-11(6-4-10)9-18(2)13-8-16-12(7-17-13)14(15)19/h3-8H,9H2,1-2H3,(H2,15,19). The van der Waals surface area contributed by atoms with Crippen LogP contribution in [0.25, 0.3) is 0 Å². The van der Waals surface area contributed by atoms with Gasteiger partial charge >= 0.3 is 0 Å². The summed E-state index contributed by atoms with van der Waals surface area (Å²) in [7, 11) is 1.98. The molecule has 0 radical (unpaired) electrons. The van der Waals surface area contributed by atoms with E-state index in [1.54, 1.807) is 12.4 Å². The van der Waals surface area contributed by atoms with Crippen molar-refractivity contribution in [3.8, 4) is 0 Å². The fraction of sp³-hybridized carbons (Fsp3) is 0.214. The highest BCUT2D eigenvalue weighted by Gasteiger charge is 2.05. The fourth-order valence-corrected chi connectivity index (χ4v) is 1.80. The Bertz CT molecular complexity index is 563. The molecule has 0 fully saturated rings. The molecule has 19 heavy (non-hydrogen) atoms. The van der Waals surface area contributed by atoms with Crippen molar-refractivity contribution in [2.45, 2.75) is 13.5 Å². The second kappa shape index (κ2) is 5.75. The predicted molar refractivity (Wildman–Crippen MR) is 81.2 cm³/mol. The molecule has 0 bridgehead atoms. The van der Waals surface area contributed by atoms with Gasteiger partial charge in [0, 0.05) is 13.6 Å². The number of nitrogens with two attached hydrogens (primary N) is 1. The van der Waals surface area contributed by atoms with E-state index in [-0.39, 0.29) is 4.99 Å². The van der Waals surface area contributed by atoms with E-state index in [0.29, 0.717) is 5.69 Å². The molecule has 1 heterocycles. The predicted octanol–water partition coefficient (Wildman–Crippen LogP) is 2.06. The third-order valence-electron chi connectivity index (χ3n) is 2.82. The minimum absolute atomic E-state index is 0.264. The number of rotatable bonds is 4. The molecule has 0 spiro atoms. The van der Waals surface area contributed by atoms with Crippen molar-refractivity contribution < 1.29 is 0 Å². The number of hydrogen-bond donors (Lipinski definition) is 1. The summed E-state index contributed by atoms with van der Waals surface area (Å²) in [6, 6.07) is 8.43. The molecule has 1 aromatic heterocycles. The second-order valence-electron chi connectivity index (χ2n) is 4.47. The number of aromatic nitrogens is 2. The highest BCUT2D eigenvalue weighted by molar-refractivity contribution is 7.80. The van der Waals surface area contributed by atoms with Gasteiger partial charge in [0.2, 0.25) is 0 Å². The SMILES string of the molecule is Cc1ccc(CN(C)c2cnc(C(N)=S)cn2)cc1. The van der Waals surface area contributed by atoms with Crippen LogP contribution >= 0.6 is 12.2 Å². The van der Waals surface area contributed by atoms with E-state index in [1.807, 2.05) is 11.9 Å². The Morgan fingerprint density at radius 2 is 1.89 bits per heavy atom. The molecule has 0 amide bonds. The maximum Gasteiger partial charge on any atom is 0.147 e. The molecule has 0 aliphatic heterocycles. The summed E-state index contributed by atoms with van der Waals surface area (Å²) in [4.78, 5) is 10.8. The zero-order chi connectivity index (χ0) is 13.8. The van der Waals surface area contributed by atoms with Crippen LogP contribution in [0.2, 0.25) is 0 Å². The Balaban J connectivity index is 2.09. The van der Waals surface area contributed by atoms with E-state index < -0.39 is 0 Å². The van der Waals surface area contributed by atoms with Crippen molar-refractivity contribution >= 4 is 23.0 Å². The zero-order valence-electron chi connectivity index (χ0n) is 11.0. The Hall–Kier alpha value is -2.01. The van der Waals surface area contributed by atoms with Gasteiger partial charge in [-0.15, -0.1) is 0 Å². The van der Waals surface area contributed by atoms with E-state index in [9.17, 15) is 0 Å². The van der Waals surface area contributed by atoms with Gasteiger partial charge in [-0.25, -0.2) is 9.97 Å². The molecule has 1 aromatic carbocycles. The number of benzene rings is 1. The quantitative estimate of drug-likeness (QED) is 0.863. The molecule has 2 rings (SSSR count). The Kier molecular flexibility index (Phi) is 4.06. The van der Waals surface area contributed by atoms with E-state index in [4.69, 9.17) is 18.0 Å². The molecule has 4 nitrogen and oxygen atoms in total. The van der Waals surface area contributed by atoms with Gasteiger partial charge in [-0.3, -0.25) is 0 Å². The van der Waals surface area contributed by atoms with Crippen LogP contribution in [0.4, 0.5) is 5.82 Å². The highest BCUT2D eigenvalue weighted by Crippen LogP contribution is 2.12. The van der Waals surface area contributed by atoms with Gasteiger partial charge in [-0.05, 0) is 12.5 Å². The molecule has 0 saturated heterocycles. The summed E-state index contributed by atoms with van der Waals surface area (Å²) >= 11 is 4.85. The molecular formula is C14H16N4S. The first-order valence-corrected chi connectivity index (χ1v) is 6.35. The van der Waals surface area contributed by atoms with Gasteiger partial charge in [0.25, 0.3) is 0 Å². The second-order valence-corrected chi connectivity index (χ2v) is 4.91. The molecule has 0 unspecified atom stereocenters. The Morgan fingerprint density at radius 1 is 1.21 bits per heavy atom. The van der Waals surface area contributed by atoms with E-state index >= 15 is 0 Å². The maximum absolute atomic E-state index is 5.49. The van der Waals surface area contributed by atoms with Crippen LogP contribution in [0.15, 0.2) is 36.7 Å². The van der Waals surface area contributed by atoms with Crippen molar-refractivity contribution in [3.63, 3.8) is 0 Å². The first-order valence-electron chi connectivity index (χ1n) is 5.95. The van der Waals surface area contributed by atoms with Crippen LogP contribution < -0.4 is 10.6 Å². The van der Waals surface area contributed by atoms with Crippen molar-refractivity contribution in [2.75, 3.05) is 11.9 Å². The molecule has 0 atom stereocenters. The van der Waals surface area contributed by atoms with Crippen molar-refractivity contribution in [3.05, 3.63) is 53.5 Å². The Labute approximate surface area is 118 Å². The van der Waals surface area contributed by atoms with Crippen LogP contribution in [0, 0.1) is 6.92 Å². The number of thiocarbonyl (C=S) groups is 1. The average molecular weight is 272 g/mol. The minimum Gasteiger partial charge on any atom is -0.388 e. The number of hydrogen-bond acceptors (Lipinski definition) is 4. The fourth-order valence-electron chi connectivity index (χ4n) is 1.69. The summed E-state index contributed by atoms with van der Waals surface area (Å²) in [6.45, 7) is 2.86. The molecule has 98 valence electrons. The summed E-state index contributed by atoms with van der Waals surface area (Å²) in [6.07, 6.45) is 3.28. The molecule has 0 aliphatic rings. The van der Waals surface area contributed by atoms with Crippen LogP contribution in [0.3, 0.4) is 0 Å².